The van der Waals surface area contributed by atoms with Gasteiger partial charge in [-0.25, -0.2) is 4.79 Å². The molecular weight excluding hydrogens is 408 g/mol. The Labute approximate surface area is 163 Å². The second-order valence-corrected chi connectivity index (χ2v) is 7.13. The van der Waals surface area contributed by atoms with E-state index < -0.39 is 5.63 Å². The number of esters is 1. The maximum Gasteiger partial charge on any atom is 0.336 e. The Morgan fingerprint density at radius 1 is 1.00 bits per heavy atom. The molecule has 4 aromatic rings. The van der Waals surface area contributed by atoms with Crippen LogP contribution in [0.5, 0.6) is 0 Å². The minimum absolute atomic E-state index is 0.0193. The number of hydrogen-bond acceptors (Lipinski definition) is 4. The molecule has 0 aliphatic carbocycles. The lowest BCUT2D eigenvalue weighted by Gasteiger charge is -2.10. The molecule has 4 nitrogen and oxygen atoms in total. The second kappa shape index (κ2) is 7.37. The fourth-order valence-electron chi connectivity index (χ4n) is 3.11. The van der Waals surface area contributed by atoms with Gasteiger partial charge in [0.15, 0.2) is 0 Å². The van der Waals surface area contributed by atoms with Crippen LogP contribution in [0.15, 0.2) is 80.4 Å². The topological polar surface area (TPSA) is 56.5 Å². The summed E-state index contributed by atoms with van der Waals surface area (Å²) < 4.78 is 11.7. The van der Waals surface area contributed by atoms with Gasteiger partial charge in [-0.1, -0.05) is 58.4 Å². The zero-order valence-corrected chi connectivity index (χ0v) is 15.9. The molecule has 0 saturated heterocycles. The van der Waals surface area contributed by atoms with E-state index in [0.717, 1.165) is 26.2 Å². The summed E-state index contributed by atoms with van der Waals surface area (Å²) in [7, 11) is 0. The van der Waals surface area contributed by atoms with Gasteiger partial charge in [0, 0.05) is 21.5 Å². The van der Waals surface area contributed by atoms with Crippen LogP contribution in [0.2, 0.25) is 0 Å². The molecule has 27 heavy (non-hydrogen) atoms. The number of hydrogen-bond donors (Lipinski definition) is 0. The molecule has 0 radical (unpaired) electrons. The zero-order valence-electron chi connectivity index (χ0n) is 14.3. The van der Waals surface area contributed by atoms with E-state index in [-0.39, 0.29) is 19.0 Å². The lowest BCUT2D eigenvalue weighted by atomic mass is 10.0. The summed E-state index contributed by atoms with van der Waals surface area (Å²) in [5.74, 6) is -0.348. The van der Waals surface area contributed by atoms with Crippen molar-refractivity contribution in [2.24, 2.45) is 0 Å². The molecule has 4 rings (SSSR count). The molecule has 0 aliphatic rings. The smallest absolute Gasteiger partial charge is 0.336 e. The Kier molecular flexibility index (Phi) is 4.77. The van der Waals surface area contributed by atoms with Gasteiger partial charge >= 0.3 is 11.6 Å². The van der Waals surface area contributed by atoms with E-state index in [1.54, 1.807) is 6.07 Å². The summed E-state index contributed by atoms with van der Waals surface area (Å²) in [5, 5.41) is 2.78. The minimum Gasteiger partial charge on any atom is -0.461 e. The highest BCUT2D eigenvalue weighted by Gasteiger charge is 2.12. The summed E-state index contributed by atoms with van der Waals surface area (Å²) in [5.41, 5.74) is 1.53. The summed E-state index contributed by atoms with van der Waals surface area (Å²) in [6.07, 6.45) is 0.174. The molecule has 1 aromatic heterocycles. The van der Waals surface area contributed by atoms with Gasteiger partial charge in [-0.05, 0) is 34.5 Å². The summed E-state index contributed by atoms with van der Waals surface area (Å²) in [4.78, 5) is 24.1. The van der Waals surface area contributed by atoms with Crippen molar-refractivity contribution in [2.75, 3.05) is 0 Å². The number of rotatable bonds is 4. The third-order valence-electron chi connectivity index (χ3n) is 4.36. The predicted octanol–water partition coefficient (Wildman–Crippen LogP) is 4.99. The van der Waals surface area contributed by atoms with Crippen molar-refractivity contribution in [2.45, 2.75) is 13.0 Å². The first-order valence-corrected chi connectivity index (χ1v) is 9.24. The first-order valence-electron chi connectivity index (χ1n) is 8.45. The van der Waals surface area contributed by atoms with Gasteiger partial charge in [0.05, 0.1) is 6.42 Å². The normalized spacial score (nSPS) is 11.0. The van der Waals surface area contributed by atoms with Crippen LogP contribution in [-0.2, 0) is 22.6 Å². The number of ether oxygens (including phenoxy) is 1. The van der Waals surface area contributed by atoms with Crippen molar-refractivity contribution in [3.8, 4) is 0 Å². The number of benzene rings is 3. The van der Waals surface area contributed by atoms with Crippen LogP contribution >= 0.6 is 15.9 Å². The molecule has 0 spiro atoms. The quantitative estimate of drug-likeness (QED) is 0.264. The van der Waals surface area contributed by atoms with Crippen molar-refractivity contribution in [1.82, 2.24) is 0 Å². The van der Waals surface area contributed by atoms with Gasteiger partial charge < -0.3 is 9.15 Å². The molecule has 5 heteroatoms. The lowest BCUT2D eigenvalue weighted by molar-refractivity contribution is -0.144. The van der Waals surface area contributed by atoms with E-state index in [1.165, 1.54) is 6.07 Å². The molecule has 0 unspecified atom stereocenters. The predicted molar refractivity (Wildman–Crippen MR) is 108 cm³/mol. The highest BCUT2D eigenvalue weighted by molar-refractivity contribution is 9.10. The fourth-order valence-corrected chi connectivity index (χ4v) is 3.38. The summed E-state index contributed by atoms with van der Waals surface area (Å²) >= 11 is 3.37. The molecule has 0 N–H and O–H groups in total. The maximum absolute atomic E-state index is 12.2. The summed E-state index contributed by atoms with van der Waals surface area (Å²) in [6, 6.07) is 20.4. The van der Waals surface area contributed by atoms with Gasteiger partial charge in [-0.15, -0.1) is 0 Å². The Morgan fingerprint density at radius 2 is 1.78 bits per heavy atom. The van der Waals surface area contributed by atoms with Gasteiger partial charge in [-0.3, -0.25) is 4.79 Å². The van der Waals surface area contributed by atoms with E-state index in [9.17, 15) is 9.59 Å². The highest BCUT2D eigenvalue weighted by Crippen LogP contribution is 2.27. The Bertz CT molecular complexity index is 1190. The highest BCUT2D eigenvalue weighted by atomic mass is 79.9. The first-order chi connectivity index (χ1) is 13.1. The molecule has 0 atom stereocenters. The van der Waals surface area contributed by atoms with Crippen LogP contribution in [0.25, 0.3) is 21.7 Å². The van der Waals surface area contributed by atoms with Gasteiger partial charge in [0.2, 0.25) is 0 Å². The van der Waals surface area contributed by atoms with Crippen LogP contribution in [0.4, 0.5) is 0 Å². The molecule has 0 bridgehead atoms. The first kappa shape index (κ1) is 17.5. The molecular formula is C22H15BrO4. The van der Waals surface area contributed by atoms with Crippen molar-refractivity contribution in [3.63, 3.8) is 0 Å². The monoisotopic (exact) mass is 422 g/mol. The average Bonchev–Trinajstić information content (AvgIpc) is 2.67. The van der Waals surface area contributed by atoms with Crippen LogP contribution in [0.1, 0.15) is 11.1 Å². The van der Waals surface area contributed by atoms with E-state index in [4.69, 9.17) is 9.15 Å². The Hall–Kier alpha value is -2.92. The molecule has 0 fully saturated rings. The third-order valence-corrected chi connectivity index (χ3v) is 4.89. The molecule has 0 saturated carbocycles. The molecule has 0 aliphatic heterocycles. The van der Waals surface area contributed by atoms with Crippen LogP contribution in [0.3, 0.4) is 0 Å². The molecule has 0 amide bonds. The minimum atomic E-state index is -0.461. The molecule has 3 aromatic carbocycles. The molecule has 1 heterocycles. The van der Waals surface area contributed by atoms with Crippen LogP contribution < -0.4 is 5.63 Å². The van der Waals surface area contributed by atoms with Gasteiger partial charge in [-0.2, -0.15) is 0 Å². The number of carbonyl (C=O) groups excluding carboxylic acids is 1. The van der Waals surface area contributed by atoms with Gasteiger partial charge in [0.1, 0.15) is 12.2 Å². The van der Waals surface area contributed by atoms with E-state index in [0.29, 0.717) is 11.1 Å². The zero-order chi connectivity index (χ0) is 18.8. The number of fused-ring (bicyclic) bond motifs is 3. The van der Waals surface area contributed by atoms with Crippen molar-refractivity contribution in [3.05, 3.63) is 92.7 Å². The van der Waals surface area contributed by atoms with Gasteiger partial charge in [0.25, 0.3) is 0 Å². The Morgan fingerprint density at radius 3 is 2.59 bits per heavy atom. The standard InChI is InChI=1S/C22H15BrO4/c23-17-8-5-14(6-9-17)11-20(24)26-13-16-12-21(25)27-19-10-7-15-3-1-2-4-18(15)22(16)19/h1-10,12H,11,13H2. The number of carbonyl (C=O) groups is 1. The van der Waals surface area contributed by atoms with Crippen LogP contribution in [-0.4, -0.2) is 5.97 Å². The lowest BCUT2D eigenvalue weighted by Crippen LogP contribution is -2.10. The Balaban J connectivity index is 1.63. The maximum atomic E-state index is 12.2. The third kappa shape index (κ3) is 3.78. The summed E-state index contributed by atoms with van der Waals surface area (Å²) in [6.45, 7) is 0.0193. The average molecular weight is 423 g/mol. The van der Waals surface area contributed by atoms with E-state index in [1.807, 2.05) is 54.6 Å². The fraction of sp³-hybridized carbons (Fsp3) is 0.0909. The van der Waals surface area contributed by atoms with Crippen molar-refractivity contribution >= 4 is 43.6 Å². The van der Waals surface area contributed by atoms with E-state index in [2.05, 4.69) is 15.9 Å². The van der Waals surface area contributed by atoms with Crippen molar-refractivity contribution in [1.29, 1.82) is 0 Å². The van der Waals surface area contributed by atoms with E-state index >= 15 is 0 Å². The van der Waals surface area contributed by atoms with Crippen molar-refractivity contribution < 1.29 is 13.9 Å². The largest absolute Gasteiger partial charge is 0.461 e. The number of halogens is 1. The van der Waals surface area contributed by atoms with Crippen LogP contribution in [0, 0.1) is 0 Å². The molecule has 134 valence electrons. The second-order valence-electron chi connectivity index (χ2n) is 6.21. The SMILES string of the molecule is O=C(Cc1ccc(Br)cc1)OCc1cc(=O)oc2ccc3ccccc3c12.